The van der Waals surface area contributed by atoms with Crippen LogP contribution >= 0.6 is 0 Å². The van der Waals surface area contributed by atoms with E-state index in [1.54, 1.807) is 24.3 Å². The second kappa shape index (κ2) is 9.78. The minimum Gasteiger partial charge on any atom is -0.483 e. The molecule has 0 spiro atoms. The van der Waals surface area contributed by atoms with Gasteiger partial charge in [0.1, 0.15) is 5.75 Å². The minimum absolute atomic E-state index is 0.122. The molecule has 0 radical (unpaired) electrons. The van der Waals surface area contributed by atoms with Gasteiger partial charge < -0.3 is 24.8 Å². The molecule has 0 fully saturated rings. The maximum Gasteiger partial charge on any atom is 0.258 e. The molecule has 0 saturated heterocycles. The zero-order valence-corrected chi connectivity index (χ0v) is 16.9. The summed E-state index contributed by atoms with van der Waals surface area (Å²) in [6.45, 7) is 3.57. The van der Waals surface area contributed by atoms with Gasteiger partial charge in [-0.2, -0.15) is 0 Å². The Bertz CT molecular complexity index is 957. The van der Waals surface area contributed by atoms with Crippen molar-refractivity contribution in [2.75, 3.05) is 18.7 Å². The Kier molecular flexibility index (Phi) is 6.90. The molecule has 2 amide bonds. The van der Waals surface area contributed by atoms with Gasteiger partial charge in [0.25, 0.3) is 5.91 Å². The first kappa shape index (κ1) is 21.2. The van der Waals surface area contributed by atoms with Gasteiger partial charge in [-0.25, -0.2) is 0 Å². The molecule has 30 heavy (non-hydrogen) atoms. The molecule has 0 saturated carbocycles. The smallest absolute Gasteiger partial charge is 0.258 e. The summed E-state index contributed by atoms with van der Waals surface area (Å²) in [6.07, 6.45) is 1.13. The Morgan fingerprint density at radius 3 is 2.60 bits per heavy atom. The van der Waals surface area contributed by atoms with Crippen molar-refractivity contribution >= 4 is 23.3 Å². The van der Waals surface area contributed by atoms with Gasteiger partial charge in [0, 0.05) is 18.7 Å². The molecule has 1 aliphatic rings. The number of ether oxygens (including phenoxy) is 3. The molecule has 8 heteroatoms. The fourth-order valence-corrected chi connectivity index (χ4v) is 2.91. The molecule has 0 aliphatic carbocycles. The first-order valence-corrected chi connectivity index (χ1v) is 9.69. The van der Waals surface area contributed by atoms with Gasteiger partial charge in [-0.1, -0.05) is 13.0 Å². The van der Waals surface area contributed by atoms with Gasteiger partial charge >= 0.3 is 0 Å². The molecule has 0 aromatic heterocycles. The van der Waals surface area contributed by atoms with E-state index in [0.29, 0.717) is 35.7 Å². The Morgan fingerprint density at radius 1 is 1.03 bits per heavy atom. The number of hydrogen-bond donors (Lipinski definition) is 2. The van der Waals surface area contributed by atoms with E-state index in [2.05, 4.69) is 10.6 Å². The fourth-order valence-electron chi connectivity index (χ4n) is 2.91. The van der Waals surface area contributed by atoms with Crippen molar-refractivity contribution in [3.8, 4) is 17.2 Å². The lowest BCUT2D eigenvalue weighted by atomic mass is 10.1. The molecular formula is C22H24N2O6. The van der Waals surface area contributed by atoms with E-state index in [1.807, 2.05) is 19.1 Å². The van der Waals surface area contributed by atoms with Crippen molar-refractivity contribution in [3.05, 3.63) is 47.5 Å². The number of carbonyl (C=O) groups excluding carboxylic acids is 3. The Labute approximate surface area is 174 Å². The van der Waals surface area contributed by atoms with E-state index in [-0.39, 0.29) is 36.7 Å². The van der Waals surface area contributed by atoms with Crippen molar-refractivity contribution in [1.82, 2.24) is 5.32 Å². The monoisotopic (exact) mass is 412 g/mol. The van der Waals surface area contributed by atoms with E-state index in [4.69, 9.17) is 14.2 Å². The third kappa shape index (κ3) is 5.50. The number of anilines is 1. The molecule has 2 aromatic rings. The quantitative estimate of drug-likeness (QED) is 0.614. The number of fused-ring (bicyclic) bond motifs is 1. The highest BCUT2D eigenvalue weighted by Gasteiger charge is 2.15. The van der Waals surface area contributed by atoms with Crippen molar-refractivity contribution in [1.29, 1.82) is 0 Å². The van der Waals surface area contributed by atoms with Gasteiger partial charge in [-0.15, -0.1) is 0 Å². The van der Waals surface area contributed by atoms with Crippen LogP contribution in [0.2, 0.25) is 0 Å². The highest BCUT2D eigenvalue weighted by molar-refractivity contribution is 5.99. The van der Waals surface area contributed by atoms with Gasteiger partial charge in [-0.05, 0) is 49.2 Å². The van der Waals surface area contributed by atoms with Crippen LogP contribution in [0.3, 0.4) is 0 Å². The van der Waals surface area contributed by atoms with E-state index < -0.39 is 0 Å². The van der Waals surface area contributed by atoms with Crippen molar-refractivity contribution in [3.63, 3.8) is 0 Å². The van der Waals surface area contributed by atoms with Crippen LogP contribution in [-0.2, 0) is 16.1 Å². The highest BCUT2D eigenvalue weighted by atomic mass is 16.7. The maximum atomic E-state index is 12.2. The summed E-state index contributed by atoms with van der Waals surface area (Å²) in [5.41, 5.74) is 1.68. The average Bonchev–Trinajstić information content (AvgIpc) is 3.19. The Balaban J connectivity index is 1.55. The third-order valence-electron chi connectivity index (χ3n) is 4.41. The zero-order valence-electron chi connectivity index (χ0n) is 16.9. The second-order valence-electron chi connectivity index (χ2n) is 6.82. The standard InChI is InChI=1S/C22H24N2O6/c1-3-4-21(26)24-16-6-8-18(17(10-16)14(2)25)28-12-22(27)23-11-15-5-7-19-20(9-15)30-13-29-19/h5-10H,3-4,11-13H2,1-2H3,(H,23,27)(H,24,26). The normalized spacial score (nSPS) is 11.7. The van der Waals surface area contributed by atoms with Crippen LogP contribution in [0.4, 0.5) is 5.69 Å². The topological polar surface area (TPSA) is 103 Å². The predicted molar refractivity (Wildman–Crippen MR) is 110 cm³/mol. The second-order valence-corrected chi connectivity index (χ2v) is 6.82. The molecule has 2 aromatic carbocycles. The Morgan fingerprint density at radius 2 is 1.83 bits per heavy atom. The largest absolute Gasteiger partial charge is 0.483 e. The lowest BCUT2D eigenvalue weighted by Gasteiger charge is -2.12. The first-order valence-electron chi connectivity index (χ1n) is 9.69. The third-order valence-corrected chi connectivity index (χ3v) is 4.41. The zero-order chi connectivity index (χ0) is 21.5. The number of carbonyl (C=O) groups is 3. The van der Waals surface area contributed by atoms with Crippen LogP contribution in [0.5, 0.6) is 17.2 Å². The summed E-state index contributed by atoms with van der Waals surface area (Å²) < 4.78 is 16.1. The molecule has 8 nitrogen and oxygen atoms in total. The van der Waals surface area contributed by atoms with E-state index in [9.17, 15) is 14.4 Å². The molecule has 3 rings (SSSR count). The number of benzene rings is 2. The van der Waals surface area contributed by atoms with Crippen molar-refractivity contribution < 1.29 is 28.6 Å². The minimum atomic E-state index is -0.331. The summed E-state index contributed by atoms with van der Waals surface area (Å²) >= 11 is 0. The number of hydrogen-bond acceptors (Lipinski definition) is 6. The predicted octanol–water partition coefficient (Wildman–Crippen LogP) is 3.05. The SMILES string of the molecule is CCCC(=O)Nc1ccc(OCC(=O)NCc2ccc3c(c2)OCO3)c(C(C)=O)c1. The number of amides is 2. The summed E-state index contributed by atoms with van der Waals surface area (Å²) in [4.78, 5) is 35.9. The van der Waals surface area contributed by atoms with Crippen LogP contribution in [0, 0.1) is 0 Å². The van der Waals surface area contributed by atoms with Gasteiger partial charge in [0.2, 0.25) is 12.7 Å². The summed E-state index contributed by atoms with van der Waals surface area (Å²) in [5, 5.41) is 5.50. The molecular weight excluding hydrogens is 388 g/mol. The summed E-state index contributed by atoms with van der Waals surface area (Å²) in [6, 6.07) is 10.2. The maximum absolute atomic E-state index is 12.2. The van der Waals surface area contributed by atoms with E-state index in [1.165, 1.54) is 6.92 Å². The Hall–Kier alpha value is -3.55. The molecule has 0 atom stereocenters. The van der Waals surface area contributed by atoms with E-state index in [0.717, 1.165) is 12.0 Å². The lowest BCUT2D eigenvalue weighted by Crippen LogP contribution is -2.28. The molecule has 1 aliphatic heterocycles. The number of nitrogens with one attached hydrogen (secondary N) is 2. The van der Waals surface area contributed by atoms with Gasteiger partial charge in [-0.3, -0.25) is 14.4 Å². The lowest BCUT2D eigenvalue weighted by molar-refractivity contribution is -0.123. The molecule has 2 N–H and O–H groups in total. The molecule has 0 unspecified atom stereocenters. The highest BCUT2D eigenvalue weighted by Crippen LogP contribution is 2.32. The molecule has 1 heterocycles. The van der Waals surface area contributed by atoms with Crippen LogP contribution in [0.15, 0.2) is 36.4 Å². The van der Waals surface area contributed by atoms with Crippen LogP contribution < -0.4 is 24.8 Å². The molecule has 0 bridgehead atoms. The fraction of sp³-hybridized carbons (Fsp3) is 0.318. The van der Waals surface area contributed by atoms with Gasteiger partial charge in [0.05, 0.1) is 5.56 Å². The number of ketones is 1. The summed E-state index contributed by atoms with van der Waals surface area (Å²) in [7, 11) is 0. The van der Waals surface area contributed by atoms with Crippen molar-refractivity contribution in [2.24, 2.45) is 0 Å². The van der Waals surface area contributed by atoms with Gasteiger partial charge in [0.15, 0.2) is 23.9 Å². The molecule has 158 valence electrons. The van der Waals surface area contributed by atoms with Crippen LogP contribution in [-0.4, -0.2) is 31.0 Å². The van der Waals surface area contributed by atoms with E-state index >= 15 is 0 Å². The first-order chi connectivity index (χ1) is 14.5. The average molecular weight is 412 g/mol. The van der Waals surface area contributed by atoms with Crippen LogP contribution in [0.1, 0.15) is 42.6 Å². The van der Waals surface area contributed by atoms with Crippen molar-refractivity contribution in [2.45, 2.75) is 33.2 Å². The number of rotatable bonds is 9. The summed E-state index contributed by atoms with van der Waals surface area (Å²) in [5.74, 6) is 0.937. The number of Topliss-reactive ketones (excluding diaryl/α,β-unsaturated/α-hetero) is 1. The van der Waals surface area contributed by atoms with Crippen LogP contribution in [0.25, 0.3) is 0 Å².